The molecule has 2 aromatic rings. The molecule has 21 heavy (non-hydrogen) atoms. The molecule has 2 rings (SSSR count). The van der Waals surface area contributed by atoms with Crippen molar-refractivity contribution >= 4 is 17.3 Å². The number of nitrogens with zero attached hydrogens (tertiary/aromatic N) is 1. The molecule has 0 bridgehead atoms. The Bertz CT molecular complexity index is 735. The molecule has 0 heterocycles. The highest BCUT2D eigenvalue weighted by Gasteiger charge is 2.18. The number of nitrogens with one attached hydrogen (secondary N) is 1. The van der Waals surface area contributed by atoms with Gasteiger partial charge in [0.2, 0.25) is 0 Å². The van der Waals surface area contributed by atoms with E-state index in [4.69, 9.17) is 0 Å². The van der Waals surface area contributed by atoms with E-state index < -0.39 is 45.2 Å². The van der Waals surface area contributed by atoms with E-state index in [0.29, 0.717) is 6.07 Å². The molecule has 1 amide bonds. The smallest absolute Gasteiger partial charge is 0.270 e. The van der Waals surface area contributed by atoms with Gasteiger partial charge < -0.3 is 5.32 Å². The van der Waals surface area contributed by atoms with E-state index in [1.807, 2.05) is 5.32 Å². The van der Waals surface area contributed by atoms with Gasteiger partial charge in [-0.15, -0.1) is 0 Å². The van der Waals surface area contributed by atoms with E-state index in [1.54, 1.807) is 0 Å². The van der Waals surface area contributed by atoms with Crippen LogP contribution >= 0.6 is 0 Å². The number of amides is 1. The first-order valence-electron chi connectivity index (χ1n) is 5.59. The number of anilines is 1. The average Bonchev–Trinajstić information content (AvgIpc) is 2.44. The molecule has 0 atom stereocenters. The van der Waals surface area contributed by atoms with Gasteiger partial charge in [-0.2, -0.15) is 0 Å². The predicted octanol–water partition coefficient (Wildman–Crippen LogP) is 3.26. The quantitative estimate of drug-likeness (QED) is 0.698. The van der Waals surface area contributed by atoms with Crippen LogP contribution in [-0.2, 0) is 0 Å². The van der Waals surface area contributed by atoms with E-state index in [0.717, 1.165) is 30.3 Å². The van der Waals surface area contributed by atoms with Gasteiger partial charge in [-0.1, -0.05) is 6.07 Å². The van der Waals surface area contributed by atoms with Crippen LogP contribution in [0, 0.1) is 27.6 Å². The topological polar surface area (TPSA) is 72.2 Å². The van der Waals surface area contributed by atoms with Gasteiger partial charge in [0.15, 0.2) is 11.6 Å². The minimum absolute atomic E-state index is 0.495. The molecule has 0 aliphatic heterocycles. The van der Waals surface area contributed by atoms with Crippen LogP contribution in [-0.4, -0.2) is 10.8 Å². The minimum atomic E-state index is -1.31. The number of carbonyl (C=O) groups excluding carboxylic acids is 1. The van der Waals surface area contributed by atoms with E-state index in [1.165, 1.54) is 0 Å². The lowest BCUT2D eigenvalue weighted by atomic mass is 10.1. The van der Waals surface area contributed by atoms with Crippen molar-refractivity contribution in [3.63, 3.8) is 0 Å². The van der Waals surface area contributed by atoms with Gasteiger partial charge >= 0.3 is 0 Å². The van der Waals surface area contributed by atoms with Crippen molar-refractivity contribution < 1.29 is 22.9 Å². The first-order valence-corrected chi connectivity index (χ1v) is 5.59. The first kappa shape index (κ1) is 14.5. The maximum atomic E-state index is 13.5. The molecule has 8 heteroatoms. The summed E-state index contributed by atoms with van der Waals surface area (Å²) in [6, 6.07) is 5.41. The Kier molecular flexibility index (Phi) is 3.88. The van der Waals surface area contributed by atoms with Crippen LogP contribution < -0.4 is 5.32 Å². The third kappa shape index (κ3) is 2.99. The van der Waals surface area contributed by atoms with Crippen LogP contribution in [0.2, 0.25) is 0 Å². The summed E-state index contributed by atoms with van der Waals surface area (Å²) in [6.45, 7) is 0. The zero-order valence-electron chi connectivity index (χ0n) is 10.3. The lowest BCUT2D eigenvalue weighted by molar-refractivity contribution is -0.384. The summed E-state index contributed by atoms with van der Waals surface area (Å²) in [5, 5.41) is 12.5. The maximum absolute atomic E-state index is 13.5. The summed E-state index contributed by atoms with van der Waals surface area (Å²) in [6.07, 6.45) is 0. The summed E-state index contributed by atoms with van der Waals surface area (Å²) in [5.74, 6) is -4.64. The second kappa shape index (κ2) is 5.61. The van der Waals surface area contributed by atoms with Crippen LogP contribution in [0.5, 0.6) is 0 Å². The first-order chi connectivity index (χ1) is 9.90. The monoisotopic (exact) mass is 296 g/mol. The summed E-state index contributed by atoms with van der Waals surface area (Å²) >= 11 is 0. The molecule has 0 saturated carbocycles. The highest BCUT2D eigenvalue weighted by molar-refractivity contribution is 6.04. The van der Waals surface area contributed by atoms with Crippen molar-refractivity contribution in [1.82, 2.24) is 0 Å². The van der Waals surface area contributed by atoms with Gasteiger partial charge in [0, 0.05) is 12.1 Å². The number of rotatable bonds is 3. The van der Waals surface area contributed by atoms with Gasteiger partial charge in [-0.3, -0.25) is 14.9 Å². The summed E-state index contributed by atoms with van der Waals surface area (Å²) in [5.41, 5.74) is -1.64. The standard InChI is InChI=1S/C13H7F3N2O3/c14-9-5-4-7(18(20)21)6-8(9)13(19)17-11-3-1-2-10(15)12(11)16/h1-6H,(H,17,19). The van der Waals surface area contributed by atoms with Crippen molar-refractivity contribution in [3.05, 3.63) is 69.5 Å². The molecule has 0 aliphatic rings. The van der Waals surface area contributed by atoms with E-state index >= 15 is 0 Å². The third-order valence-electron chi connectivity index (χ3n) is 2.61. The molecular weight excluding hydrogens is 289 g/mol. The SMILES string of the molecule is O=C(Nc1cccc(F)c1F)c1cc([N+](=O)[O-])ccc1F. The van der Waals surface area contributed by atoms with Crippen molar-refractivity contribution in [1.29, 1.82) is 0 Å². The normalized spacial score (nSPS) is 10.2. The summed E-state index contributed by atoms with van der Waals surface area (Å²) < 4.78 is 39.9. The van der Waals surface area contributed by atoms with Crippen molar-refractivity contribution in [2.45, 2.75) is 0 Å². The number of nitro benzene ring substituents is 1. The zero-order valence-corrected chi connectivity index (χ0v) is 10.3. The lowest BCUT2D eigenvalue weighted by Gasteiger charge is -2.07. The Morgan fingerprint density at radius 2 is 1.81 bits per heavy atom. The lowest BCUT2D eigenvalue weighted by Crippen LogP contribution is -2.15. The van der Waals surface area contributed by atoms with Gasteiger partial charge in [0.1, 0.15) is 5.82 Å². The number of carbonyl (C=O) groups is 1. The van der Waals surface area contributed by atoms with Gasteiger partial charge in [0.25, 0.3) is 11.6 Å². The van der Waals surface area contributed by atoms with Crippen LogP contribution in [0.15, 0.2) is 36.4 Å². The molecule has 0 aliphatic carbocycles. The minimum Gasteiger partial charge on any atom is -0.319 e. The van der Waals surface area contributed by atoms with Gasteiger partial charge in [-0.05, 0) is 18.2 Å². The number of benzene rings is 2. The average molecular weight is 296 g/mol. The predicted molar refractivity (Wildman–Crippen MR) is 67.4 cm³/mol. The second-order valence-electron chi connectivity index (χ2n) is 3.98. The number of hydrogen-bond donors (Lipinski definition) is 1. The molecule has 0 unspecified atom stereocenters. The molecule has 0 radical (unpaired) electrons. The Hall–Kier alpha value is -2.90. The van der Waals surface area contributed by atoms with E-state index in [9.17, 15) is 28.1 Å². The number of halogens is 3. The highest BCUT2D eigenvalue weighted by atomic mass is 19.2. The van der Waals surface area contributed by atoms with Crippen LogP contribution in [0.3, 0.4) is 0 Å². The molecule has 1 N–H and O–H groups in total. The van der Waals surface area contributed by atoms with Crippen LogP contribution in [0.25, 0.3) is 0 Å². The molecule has 0 aromatic heterocycles. The third-order valence-corrected chi connectivity index (χ3v) is 2.61. The second-order valence-corrected chi connectivity index (χ2v) is 3.98. The molecular formula is C13H7F3N2O3. The fourth-order valence-electron chi connectivity index (χ4n) is 1.59. The molecule has 108 valence electrons. The highest BCUT2D eigenvalue weighted by Crippen LogP contribution is 2.20. The summed E-state index contributed by atoms with van der Waals surface area (Å²) in [7, 11) is 0. The van der Waals surface area contributed by atoms with Gasteiger partial charge in [0.05, 0.1) is 16.2 Å². The van der Waals surface area contributed by atoms with Crippen LogP contribution in [0.1, 0.15) is 10.4 Å². The molecule has 0 fully saturated rings. The van der Waals surface area contributed by atoms with Gasteiger partial charge in [-0.25, -0.2) is 13.2 Å². The largest absolute Gasteiger partial charge is 0.319 e. The number of hydrogen-bond acceptors (Lipinski definition) is 3. The zero-order chi connectivity index (χ0) is 15.6. The Labute approximate surface area is 116 Å². The number of nitro groups is 1. The van der Waals surface area contributed by atoms with E-state index in [-0.39, 0.29) is 0 Å². The Morgan fingerprint density at radius 3 is 2.48 bits per heavy atom. The molecule has 0 spiro atoms. The van der Waals surface area contributed by atoms with Crippen LogP contribution in [0.4, 0.5) is 24.5 Å². The fraction of sp³-hybridized carbons (Fsp3) is 0. The number of non-ortho nitro benzene ring substituents is 1. The molecule has 2 aromatic carbocycles. The molecule has 0 saturated heterocycles. The van der Waals surface area contributed by atoms with Crippen molar-refractivity contribution in [3.8, 4) is 0 Å². The van der Waals surface area contributed by atoms with Crippen molar-refractivity contribution in [2.24, 2.45) is 0 Å². The fourth-order valence-corrected chi connectivity index (χ4v) is 1.59. The van der Waals surface area contributed by atoms with E-state index in [2.05, 4.69) is 0 Å². The Morgan fingerprint density at radius 1 is 1.10 bits per heavy atom. The van der Waals surface area contributed by atoms with Crippen molar-refractivity contribution in [2.75, 3.05) is 5.32 Å². The maximum Gasteiger partial charge on any atom is 0.270 e. The Balaban J connectivity index is 2.34. The molecule has 5 nitrogen and oxygen atoms in total. The summed E-state index contributed by atoms with van der Waals surface area (Å²) in [4.78, 5) is 21.6.